The van der Waals surface area contributed by atoms with Crippen LogP contribution in [0.1, 0.15) is 35.1 Å². The van der Waals surface area contributed by atoms with Gasteiger partial charge in [-0.25, -0.2) is 8.42 Å². The molecule has 6 aromatic carbocycles. The number of sulfone groups is 1. The highest BCUT2D eigenvalue weighted by molar-refractivity contribution is 7.91. The first-order valence-corrected chi connectivity index (χ1v) is 17.6. The summed E-state index contributed by atoms with van der Waals surface area (Å²) in [5, 5.41) is 2.27. The van der Waals surface area contributed by atoms with E-state index in [9.17, 15) is 8.42 Å². The van der Waals surface area contributed by atoms with Gasteiger partial charge >= 0.3 is 0 Å². The molecule has 3 nitrogen and oxygen atoms in total. The SMILES string of the molecule is CC1=Nc2cccc3c2C1Cc1ccc(-c2c4c(c(-c5ccc(-c6ccccc6)cc5)c5ccccc25)CC=CC=C4)cc1S3(=O)=O. The van der Waals surface area contributed by atoms with Gasteiger partial charge in [-0.2, -0.15) is 0 Å². The minimum Gasteiger partial charge on any atom is -0.257 e. The Balaban J connectivity index is 1.27. The standard InChI is InChI=1S/C43H31NO2S/c1-27-37-25-31-23-24-32(26-40(31)47(45,46)39-18-10-17-38(44-27)43(37)39)42-35-14-7-3-6-13-33(35)41(34-15-8-9-16-36(34)42)30-21-19-29(20-22-30)28-11-4-2-5-12-28/h2-12,14-24,26,37H,13,25H2,1H3. The van der Waals surface area contributed by atoms with E-state index in [1.165, 1.54) is 27.8 Å². The Bertz CT molecular complexity index is 2470. The van der Waals surface area contributed by atoms with E-state index in [-0.39, 0.29) is 5.92 Å². The fraction of sp³-hybridized carbons (Fsp3) is 0.0930. The predicted molar refractivity (Wildman–Crippen MR) is 193 cm³/mol. The van der Waals surface area contributed by atoms with E-state index in [0.717, 1.165) is 56.4 Å². The van der Waals surface area contributed by atoms with Crippen LogP contribution < -0.4 is 0 Å². The minimum atomic E-state index is -3.77. The van der Waals surface area contributed by atoms with Crippen molar-refractivity contribution in [3.05, 3.63) is 156 Å². The average molecular weight is 626 g/mol. The van der Waals surface area contributed by atoms with Gasteiger partial charge in [-0.15, -0.1) is 0 Å². The zero-order valence-corrected chi connectivity index (χ0v) is 26.8. The summed E-state index contributed by atoms with van der Waals surface area (Å²) in [6.07, 6.45) is 10.0. The summed E-state index contributed by atoms with van der Waals surface area (Å²) in [5.41, 5.74) is 12.6. The van der Waals surface area contributed by atoms with Gasteiger partial charge in [0, 0.05) is 17.2 Å². The third kappa shape index (κ3) is 4.32. The van der Waals surface area contributed by atoms with E-state index < -0.39 is 9.84 Å². The van der Waals surface area contributed by atoms with E-state index >= 15 is 0 Å². The molecule has 1 atom stereocenters. The first kappa shape index (κ1) is 27.9. The maximum Gasteiger partial charge on any atom is 0.207 e. The molecule has 0 amide bonds. The van der Waals surface area contributed by atoms with Crippen LogP contribution in [-0.2, 0) is 22.7 Å². The second kappa shape index (κ2) is 10.6. The average Bonchev–Trinajstić information content (AvgIpc) is 3.22. The smallest absolute Gasteiger partial charge is 0.207 e. The Morgan fingerprint density at radius 3 is 2.17 bits per heavy atom. The van der Waals surface area contributed by atoms with E-state index in [4.69, 9.17) is 4.99 Å². The molecule has 6 aromatic rings. The summed E-state index contributed by atoms with van der Waals surface area (Å²) in [7, 11) is -3.77. The molecule has 0 aromatic heterocycles. The van der Waals surface area contributed by atoms with E-state index in [0.29, 0.717) is 16.2 Å². The van der Waals surface area contributed by atoms with Gasteiger partial charge in [0.25, 0.3) is 0 Å². The first-order chi connectivity index (χ1) is 23.0. The number of allylic oxidation sites excluding steroid dienone is 3. The largest absolute Gasteiger partial charge is 0.257 e. The zero-order valence-electron chi connectivity index (χ0n) is 25.9. The number of hydrogen-bond acceptors (Lipinski definition) is 3. The Kier molecular flexibility index (Phi) is 6.31. The Morgan fingerprint density at radius 2 is 1.36 bits per heavy atom. The van der Waals surface area contributed by atoms with Crippen molar-refractivity contribution in [1.29, 1.82) is 0 Å². The molecule has 0 bridgehead atoms. The van der Waals surface area contributed by atoms with E-state index in [1.807, 2.05) is 37.3 Å². The minimum absolute atomic E-state index is 0.0262. The number of aliphatic imine (C=N–C) groups is 1. The van der Waals surface area contributed by atoms with Gasteiger partial charge in [-0.1, -0.05) is 121 Å². The molecule has 0 saturated heterocycles. The molecule has 3 aliphatic rings. The van der Waals surface area contributed by atoms with Gasteiger partial charge in [0.1, 0.15) is 0 Å². The number of rotatable bonds is 3. The molecule has 0 spiro atoms. The molecule has 1 unspecified atom stereocenters. The lowest BCUT2D eigenvalue weighted by Gasteiger charge is -2.22. The maximum absolute atomic E-state index is 14.4. The Hall–Kier alpha value is -5.32. The second-order valence-corrected chi connectivity index (χ2v) is 14.5. The second-order valence-electron chi connectivity index (χ2n) is 12.6. The van der Waals surface area contributed by atoms with Gasteiger partial charge in [0.15, 0.2) is 0 Å². The summed E-state index contributed by atoms with van der Waals surface area (Å²) in [6, 6.07) is 39.5. The topological polar surface area (TPSA) is 46.5 Å². The summed E-state index contributed by atoms with van der Waals surface area (Å²) in [5.74, 6) is -0.0262. The molecule has 0 radical (unpaired) electrons. The van der Waals surface area contributed by atoms with Crippen LogP contribution in [0.15, 0.2) is 148 Å². The molecule has 2 heterocycles. The van der Waals surface area contributed by atoms with Gasteiger partial charge in [0.2, 0.25) is 9.84 Å². The van der Waals surface area contributed by atoms with Crippen LogP contribution in [0.4, 0.5) is 5.69 Å². The van der Waals surface area contributed by atoms with Crippen LogP contribution in [0, 0.1) is 0 Å². The molecular weight excluding hydrogens is 595 g/mol. The fourth-order valence-corrected chi connectivity index (χ4v) is 9.64. The van der Waals surface area contributed by atoms with Gasteiger partial charge < -0.3 is 0 Å². The van der Waals surface area contributed by atoms with Crippen molar-refractivity contribution < 1.29 is 8.42 Å². The van der Waals surface area contributed by atoms with Crippen molar-refractivity contribution in [3.8, 4) is 33.4 Å². The monoisotopic (exact) mass is 625 g/mol. The van der Waals surface area contributed by atoms with Crippen molar-refractivity contribution in [1.82, 2.24) is 0 Å². The van der Waals surface area contributed by atoms with Crippen LogP contribution >= 0.6 is 0 Å². The molecular formula is C43H31NO2S. The van der Waals surface area contributed by atoms with E-state index in [2.05, 4.69) is 103 Å². The highest BCUT2D eigenvalue weighted by Gasteiger charge is 2.38. The lowest BCUT2D eigenvalue weighted by molar-refractivity contribution is 0.595. The number of fused-ring (bicyclic) bond motifs is 3. The quantitative estimate of drug-likeness (QED) is 0.196. The molecule has 47 heavy (non-hydrogen) atoms. The van der Waals surface area contributed by atoms with Gasteiger partial charge in [0.05, 0.1) is 15.5 Å². The van der Waals surface area contributed by atoms with Crippen molar-refractivity contribution in [2.75, 3.05) is 0 Å². The molecule has 9 rings (SSSR count). The highest BCUT2D eigenvalue weighted by atomic mass is 32.2. The number of hydrogen-bond donors (Lipinski definition) is 0. The van der Waals surface area contributed by atoms with Crippen LogP contribution in [0.5, 0.6) is 0 Å². The van der Waals surface area contributed by atoms with Crippen molar-refractivity contribution in [2.45, 2.75) is 35.5 Å². The Labute approximate surface area is 275 Å². The lowest BCUT2D eigenvalue weighted by atomic mass is 9.82. The molecule has 226 valence electrons. The number of nitrogens with zero attached hydrogens (tertiary/aromatic N) is 1. The fourth-order valence-electron chi connectivity index (χ4n) is 7.83. The van der Waals surface area contributed by atoms with Gasteiger partial charge in [-0.3, -0.25) is 4.99 Å². The van der Waals surface area contributed by atoms with Crippen molar-refractivity contribution in [2.24, 2.45) is 4.99 Å². The summed E-state index contributed by atoms with van der Waals surface area (Å²) >= 11 is 0. The molecule has 0 saturated carbocycles. The Morgan fingerprint density at radius 1 is 0.660 bits per heavy atom. The third-order valence-electron chi connectivity index (χ3n) is 10.0. The van der Waals surface area contributed by atoms with Crippen molar-refractivity contribution >= 4 is 38.1 Å². The molecule has 0 fully saturated rings. The highest BCUT2D eigenvalue weighted by Crippen LogP contribution is 2.49. The van der Waals surface area contributed by atoms with Crippen LogP contribution in [0.25, 0.3) is 50.2 Å². The predicted octanol–water partition coefficient (Wildman–Crippen LogP) is 10.5. The molecule has 2 aliphatic heterocycles. The maximum atomic E-state index is 14.4. The van der Waals surface area contributed by atoms with Crippen LogP contribution in [-0.4, -0.2) is 14.1 Å². The van der Waals surface area contributed by atoms with Gasteiger partial charge in [-0.05, 0) is 98.8 Å². The number of benzene rings is 6. The normalized spacial score (nSPS) is 17.0. The lowest BCUT2D eigenvalue weighted by Crippen LogP contribution is -2.08. The van der Waals surface area contributed by atoms with Crippen LogP contribution in [0.3, 0.4) is 0 Å². The zero-order chi connectivity index (χ0) is 31.7. The summed E-state index contributed by atoms with van der Waals surface area (Å²) in [4.78, 5) is 5.52. The first-order valence-electron chi connectivity index (χ1n) is 16.1. The van der Waals surface area contributed by atoms with E-state index in [1.54, 1.807) is 6.07 Å². The summed E-state index contributed by atoms with van der Waals surface area (Å²) < 4.78 is 28.9. The van der Waals surface area contributed by atoms with Crippen LogP contribution in [0.2, 0.25) is 0 Å². The molecule has 1 aliphatic carbocycles. The summed E-state index contributed by atoms with van der Waals surface area (Å²) in [6.45, 7) is 2.01. The molecule has 4 heteroatoms. The molecule has 0 N–H and O–H groups in total. The third-order valence-corrected chi connectivity index (χ3v) is 11.9. The van der Waals surface area contributed by atoms with Crippen molar-refractivity contribution in [3.63, 3.8) is 0 Å².